The number of nitrogens with one attached hydrogen (secondary N) is 2. The fourth-order valence-corrected chi connectivity index (χ4v) is 5.12. The van der Waals surface area contributed by atoms with Crippen molar-refractivity contribution in [2.45, 2.75) is 24.8 Å². The Hall–Kier alpha value is -3.05. The van der Waals surface area contributed by atoms with Crippen LogP contribution in [0.15, 0.2) is 77.3 Å². The lowest BCUT2D eigenvalue weighted by Gasteiger charge is -2.29. The first kappa shape index (κ1) is 18.0. The standard InChI is InChI=1S/C24H22N2O2S/c1-28-17-7-4-6-15(12-17)24-23-20(25-18-8-2-3-9-19(18)26-24)13-16(14-21(23)27)22-10-5-11-29-22/h2-12,16,24-26H,13-14H2,1H3. The summed E-state index contributed by atoms with van der Waals surface area (Å²) in [5.74, 6) is 1.21. The van der Waals surface area contributed by atoms with Gasteiger partial charge in [-0.3, -0.25) is 4.79 Å². The van der Waals surface area contributed by atoms with Crippen molar-refractivity contribution in [2.75, 3.05) is 17.7 Å². The highest BCUT2D eigenvalue weighted by atomic mass is 32.1. The van der Waals surface area contributed by atoms with E-state index in [4.69, 9.17) is 4.74 Å². The van der Waals surface area contributed by atoms with Crippen molar-refractivity contribution >= 4 is 28.5 Å². The molecule has 0 amide bonds. The number of rotatable bonds is 3. The molecule has 0 bridgehead atoms. The van der Waals surface area contributed by atoms with E-state index >= 15 is 0 Å². The molecule has 1 aromatic heterocycles. The maximum Gasteiger partial charge on any atom is 0.163 e. The first-order chi connectivity index (χ1) is 14.2. The predicted octanol–water partition coefficient (Wildman–Crippen LogP) is 5.74. The van der Waals surface area contributed by atoms with Crippen LogP contribution in [0.25, 0.3) is 0 Å². The van der Waals surface area contributed by atoms with Gasteiger partial charge < -0.3 is 15.4 Å². The summed E-state index contributed by atoms with van der Waals surface area (Å²) in [5.41, 5.74) is 4.88. The largest absolute Gasteiger partial charge is 0.497 e. The van der Waals surface area contributed by atoms with E-state index in [-0.39, 0.29) is 17.7 Å². The minimum Gasteiger partial charge on any atom is -0.497 e. The summed E-state index contributed by atoms with van der Waals surface area (Å²) in [7, 11) is 1.67. The lowest BCUT2D eigenvalue weighted by atomic mass is 9.81. The van der Waals surface area contributed by atoms with Crippen molar-refractivity contribution in [3.63, 3.8) is 0 Å². The fourth-order valence-electron chi connectivity index (χ4n) is 4.29. The number of methoxy groups -OCH3 is 1. The van der Waals surface area contributed by atoms with Gasteiger partial charge in [-0.2, -0.15) is 0 Å². The predicted molar refractivity (Wildman–Crippen MR) is 118 cm³/mol. The van der Waals surface area contributed by atoms with Crippen LogP contribution in [0, 0.1) is 0 Å². The first-order valence-corrected chi connectivity index (χ1v) is 10.7. The quantitative estimate of drug-likeness (QED) is 0.587. The second kappa shape index (κ2) is 7.41. The number of allylic oxidation sites excluding steroid dienone is 1. The Morgan fingerprint density at radius 1 is 1.00 bits per heavy atom. The molecule has 5 heteroatoms. The molecular formula is C24H22N2O2S. The Morgan fingerprint density at radius 2 is 1.86 bits per heavy atom. The topological polar surface area (TPSA) is 50.4 Å². The van der Waals surface area contributed by atoms with Gasteiger partial charge in [0.15, 0.2) is 5.78 Å². The van der Waals surface area contributed by atoms with Crippen molar-refractivity contribution in [3.05, 3.63) is 87.8 Å². The van der Waals surface area contributed by atoms with Gasteiger partial charge in [-0.15, -0.1) is 11.3 Å². The number of benzene rings is 2. The molecule has 2 heterocycles. The normalized spacial score (nSPS) is 20.8. The molecule has 4 nitrogen and oxygen atoms in total. The van der Waals surface area contributed by atoms with Gasteiger partial charge in [0, 0.05) is 28.5 Å². The van der Waals surface area contributed by atoms with E-state index in [1.165, 1.54) is 4.88 Å². The third kappa shape index (κ3) is 3.32. The van der Waals surface area contributed by atoms with Gasteiger partial charge in [0.25, 0.3) is 0 Å². The van der Waals surface area contributed by atoms with Gasteiger partial charge in [0.05, 0.1) is 24.5 Å². The molecule has 2 aromatic carbocycles. The molecule has 146 valence electrons. The number of anilines is 2. The van der Waals surface area contributed by atoms with E-state index < -0.39 is 0 Å². The average molecular weight is 403 g/mol. The van der Waals surface area contributed by atoms with E-state index in [0.717, 1.165) is 40.4 Å². The number of ether oxygens (including phenoxy) is 1. The van der Waals surface area contributed by atoms with Gasteiger partial charge in [-0.05, 0) is 47.7 Å². The van der Waals surface area contributed by atoms with Gasteiger partial charge in [-0.1, -0.05) is 30.3 Å². The molecule has 3 aromatic rings. The number of ketones is 1. The smallest absolute Gasteiger partial charge is 0.163 e. The maximum absolute atomic E-state index is 13.4. The van der Waals surface area contributed by atoms with Gasteiger partial charge in [0.2, 0.25) is 0 Å². The number of carbonyl (C=O) groups excluding carboxylic acids is 1. The van der Waals surface area contributed by atoms with E-state index in [0.29, 0.717) is 6.42 Å². The molecule has 1 aliphatic carbocycles. The van der Waals surface area contributed by atoms with E-state index in [1.807, 2.05) is 30.3 Å². The molecule has 2 atom stereocenters. The number of thiophene rings is 1. The van der Waals surface area contributed by atoms with Crippen LogP contribution < -0.4 is 15.4 Å². The molecule has 0 fully saturated rings. The molecule has 0 saturated heterocycles. The number of hydrogen-bond acceptors (Lipinski definition) is 5. The zero-order chi connectivity index (χ0) is 19.8. The molecule has 2 unspecified atom stereocenters. The summed E-state index contributed by atoms with van der Waals surface area (Å²) in [5, 5.41) is 9.28. The Bertz CT molecular complexity index is 1090. The van der Waals surface area contributed by atoms with Crippen LogP contribution in [0.5, 0.6) is 5.75 Å². The van der Waals surface area contributed by atoms with Crippen LogP contribution in [0.3, 0.4) is 0 Å². The van der Waals surface area contributed by atoms with E-state index in [2.05, 4.69) is 46.3 Å². The second-order valence-electron chi connectivity index (χ2n) is 7.46. The summed E-state index contributed by atoms with van der Waals surface area (Å²) < 4.78 is 5.43. The van der Waals surface area contributed by atoms with E-state index in [1.54, 1.807) is 18.4 Å². The Morgan fingerprint density at radius 3 is 2.66 bits per heavy atom. The minimum absolute atomic E-state index is 0.199. The van der Waals surface area contributed by atoms with Crippen LogP contribution in [0.4, 0.5) is 11.4 Å². The van der Waals surface area contributed by atoms with Gasteiger partial charge in [-0.25, -0.2) is 0 Å². The number of carbonyl (C=O) groups is 1. The molecule has 2 N–H and O–H groups in total. The van der Waals surface area contributed by atoms with Crippen LogP contribution in [-0.2, 0) is 4.79 Å². The van der Waals surface area contributed by atoms with Crippen molar-refractivity contribution in [1.82, 2.24) is 0 Å². The Kier molecular flexibility index (Phi) is 4.60. The summed E-state index contributed by atoms with van der Waals surface area (Å²) in [4.78, 5) is 14.7. The fraction of sp³-hybridized carbons (Fsp3) is 0.208. The molecule has 0 saturated carbocycles. The Balaban J connectivity index is 1.63. The van der Waals surface area contributed by atoms with Gasteiger partial charge >= 0.3 is 0 Å². The Labute approximate surface area is 174 Å². The number of hydrogen-bond donors (Lipinski definition) is 2. The maximum atomic E-state index is 13.4. The van der Waals surface area contributed by atoms with Crippen molar-refractivity contribution < 1.29 is 9.53 Å². The highest BCUT2D eigenvalue weighted by Crippen LogP contribution is 2.45. The van der Waals surface area contributed by atoms with Crippen LogP contribution in [0.1, 0.15) is 35.2 Å². The molecule has 0 spiro atoms. The van der Waals surface area contributed by atoms with Crippen LogP contribution in [0.2, 0.25) is 0 Å². The third-order valence-electron chi connectivity index (χ3n) is 5.68. The highest BCUT2D eigenvalue weighted by Gasteiger charge is 2.36. The molecular weight excluding hydrogens is 380 g/mol. The van der Waals surface area contributed by atoms with Gasteiger partial charge in [0.1, 0.15) is 5.75 Å². The van der Waals surface area contributed by atoms with Crippen molar-refractivity contribution in [2.24, 2.45) is 0 Å². The summed E-state index contributed by atoms with van der Waals surface area (Å²) in [6, 6.07) is 20.1. The van der Waals surface area contributed by atoms with Crippen LogP contribution >= 0.6 is 11.3 Å². The lowest BCUT2D eigenvalue weighted by molar-refractivity contribution is -0.116. The minimum atomic E-state index is -0.215. The molecule has 1 aliphatic heterocycles. The number of fused-ring (bicyclic) bond motifs is 1. The molecule has 0 radical (unpaired) electrons. The summed E-state index contributed by atoms with van der Waals surface area (Å²) in [6.07, 6.45) is 1.37. The molecule has 29 heavy (non-hydrogen) atoms. The number of Topliss-reactive ketones (excluding diaryl/α,β-unsaturated/α-hetero) is 1. The molecule has 5 rings (SSSR count). The lowest BCUT2D eigenvalue weighted by Crippen LogP contribution is -2.26. The second-order valence-corrected chi connectivity index (χ2v) is 8.44. The SMILES string of the molecule is COc1cccc(C2Nc3ccccc3NC3=C2C(=O)CC(c2cccs2)C3)c1. The summed E-state index contributed by atoms with van der Waals surface area (Å²) in [6.45, 7) is 0. The van der Waals surface area contributed by atoms with Crippen molar-refractivity contribution in [3.8, 4) is 5.75 Å². The zero-order valence-electron chi connectivity index (χ0n) is 16.1. The highest BCUT2D eigenvalue weighted by molar-refractivity contribution is 7.10. The average Bonchev–Trinajstić information content (AvgIpc) is 3.23. The van der Waals surface area contributed by atoms with E-state index in [9.17, 15) is 4.79 Å². The third-order valence-corrected chi connectivity index (χ3v) is 6.72. The molecule has 2 aliphatic rings. The summed E-state index contributed by atoms with van der Waals surface area (Å²) >= 11 is 1.73. The number of para-hydroxylation sites is 2. The zero-order valence-corrected chi connectivity index (χ0v) is 17.0. The monoisotopic (exact) mass is 402 g/mol. The van der Waals surface area contributed by atoms with Crippen LogP contribution in [-0.4, -0.2) is 12.9 Å². The van der Waals surface area contributed by atoms with Crippen molar-refractivity contribution in [1.29, 1.82) is 0 Å². The first-order valence-electron chi connectivity index (χ1n) is 9.79.